The van der Waals surface area contributed by atoms with Crippen LogP contribution in [0.5, 0.6) is 5.75 Å². The summed E-state index contributed by atoms with van der Waals surface area (Å²) >= 11 is 0. The van der Waals surface area contributed by atoms with Gasteiger partial charge in [0.2, 0.25) is 5.91 Å². The topological polar surface area (TPSA) is 78.3 Å². The lowest BCUT2D eigenvalue weighted by Gasteiger charge is -2.03. The van der Waals surface area contributed by atoms with Gasteiger partial charge in [0.05, 0.1) is 19.1 Å². The highest BCUT2D eigenvalue weighted by atomic mass is 16.5. The van der Waals surface area contributed by atoms with E-state index in [0.29, 0.717) is 17.0 Å². The van der Waals surface area contributed by atoms with Crippen molar-refractivity contribution in [2.24, 2.45) is 5.73 Å². The van der Waals surface area contributed by atoms with Gasteiger partial charge in [0.25, 0.3) is 0 Å². The molecule has 0 unspecified atom stereocenters. The minimum atomic E-state index is -0.453. The normalized spacial score (nSPS) is 8.87. The van der Waals surface area contributed by atoms with Crippen LogP contribution < -0.4 is 16.2 Å². The molecular weight excluding hydrogens is 192 g/mol. The van der Waals surface area contributed by atoms with Crippen LogP contribution in [0.3, 0.4) is 0 Å². The second-order valence-electron chi connectivity index (χ2n) is 2.90. The first-order chi connectivity index (χ1) is 7.13. The molecule has 1 rings (SSSR count). The second kappa shape index (κ2) is 4.91. The summed E-state index contributed by atoms with van der Waals surface area (Å²) in [5, 5.41) is 0. The quantitative estimate of drug-likeness (QED) is 0.544. The van der Waals surface area contributed by atoms with Crippen molar-refractivity contribution in [2.45, 2.75) is 6.42 Å². The van der Waals surface area contributed by atoms with Crippen LogP contribution in [0.2, 0.25) is 0 Å². The number of nitrogen functional groups attached to an aromatic ring is 1. The number of carbonyl (C=O) groups excluding carboxylic acids is 1. The molecule has 4 nitrogen and oxygen atoms in total. The Labute approximate surface area is 88.2 Å². The Morgan fingerprint density at radius 1 is 1.53 bits per heavy atom. The Morgan fingerprint density at radius 3 is 2.87 bits per heavy atom. The minimum Gasteiger partial charge on any atom is -0.495 e. The van der Waals surface area contributed by atoms with Crippen LogP contribution in [0.15, 0.2) is 18.2 Å². The summed E-state index contributed by atoms with van der Waals surface area (Å²) in [6.07, 6.45) is 0.0257. The fourth-order valence-electron chi connectivity index (χ4n) is 1.05. The molecule has 1 aromatic rings. The molecule has 0 aliphatic carbocycles. The summed E-state index contributed by atoms with van der Waals surface area (Å²) in [5.41, 5.74) is 11.8. The second-order valence-corrected chi connectivity index (χ2v) is 2.90. The first kappa shape index (κ1) is 10.9. The Bertz CT molecular complexity index is 430. The van der Waals surface area contributed by atoms with Crippen LogP contribution in [-0.4, -0.2) is 13.0 Å². The lowest BCUT2D eigenvalue weighted by molar-refractivity contribution is -0.117. The summed E-state index contributed by atoms with van der Waals surface area (Å²) in [4.78, 5) is 10.5. The monoisotopic (exact) mass is 204 g/mol. The molecule has 0 bridgehead atoms. The first-order valence-electron chi connectivity index (χ1n) is 4.34. The summed E-state index contributed by atoms with van der Waals surface area (Å²) < 4.78 is 5.08. The van der Waals surface area contributed by atoms with Crippen molar-refractivity contribution in [1.82, 2.24) is 0 Å². The number of anilines is 1. The van der Waals surface area contributed by atoms with E-state index in [0.717, 1.165) is 0 Å². The number of carbonyl (C=O) groups is 1. The predicted octanol–water partition coefficient (Wildman–Crippen LogP) is 0.504. The van der Waals surface area contributed by atoms with E-state index >= 15 is 0 Å². The van der Waals surface area contributed by atoms with Crippen LogP contribution in [0.25, 0.3) is 0 Å². The van der Waals surface area contributed by atoms with E-state index in [1.165, 1.54) is 0 Å². The molecule has 0 spiro atoms. The van der Waals surface area contributed by atoms with Crippen molar-refractivity contribution in [3.05, 3.63) is 23.8 Å². The maximum atomic E-state index is 10.5. The van der Waals surface area contributed by atoms with Gasteiger partial charge in [0.15, 0.2) is 0 Å². The van der Waals surface area contributed by atoms with Crippen molar-refractivity contribution in [1.29, 1.82) is 0 Å². The summed E-state index contributed by atoms with van der Waals surface area (Å²) in [5.74, 6) is 5.60. The van der Waals surface area contributed by atoms with Gasteiger partial charge in [0, 0.05) is 5.69 Å². The number of ether oxygens (including phenoxy) is 1. The van der Waals surface area contributed by atoms with Gasteiger partial charge in [0.1, 0.15) is 5.75 Å². The fourth-order valence-corrected chi connectivity index (χ4v) is 1.05. The zero-order chi connectivity index (χ0) is 11.3. The Balaban J connectivity index is 2.94. The molecule has 0 heterocycles. The molecule has 0 saturated heterocycles. The van der Waals surface area contributed by atoms with Gasteiger partial charge in [-0.25, -0.2) is 0 Å². The van der Waals surface area contributed by atoms with Crippen molar-refractivity contribution < 1.29 is 9.53 Å². The van der Waals surface area contributed by atoms with Crippen LogP contribution in [0.1, 0.15) is 12.0 Å². The van der Waals surface area contributed by atoms with Crippen LogP contribution >= 0.6 is 0 Å². The molecule has 0 aliphatic heterocycles. The van der Waals surface area contributed by atoms with Crippen LogP contribution in [-0.2, 0) is 4.79 Å². The molecule has 1 aromatic carbocycles. The number of rotatable bonds is 2. The Hall–Kier alpha value is -2.15. The van der Waals surface area contributed by atoms with Gasteiger partial charge in [-0.15, -0.1) is 0 Å². The summed E-state index contributed by atoms with van der Waals surface area (Å²) in [6.45, 7) is 0. The SMILES string of the molecule is COc1ccc(N)cc1C#CCC(N)=O. The van der Waals surface area contributed by atoms with Crippen molar-refractivity contribution in [3.63, 3.8) is 0 Å². The third kappa shape index (κ3) is 3.24. The number of methoxy groups -OCH3 is 1. The van der Waals surface area contributed by atoms with Gasteiger partial charge >= 0.3 is 0 Å². The molecule has 0 atom stereocenters. The summed E-state index contributed by atoms with van der Waals surface area (Å²) in [7, 11) is 1.55. The molecule has 1 amide bonds. The third-order valence-electron chi connectivity index (χ3n) is 1.71. The van der Waals surface area contributed by atoms with E-state index in [1.54, 1.807) is 25.3 Å². The molecular formula is C11H12N2O2. The summed E-state index contributed by atoms with van der Waals surface area (Å²) in [6, 6.07) is 5.13. The van der Waals surface area contributed by atoms with E-state index in [-0.39, 0.29) is 6.42 Å². The van der Waals surface area contributed by atoms with Gasteiger partial charge in [-0.1, -0.05) is 11.8 Å². The maximum absolute atomic E-state index is 10.5. The predicted molar refractivity (Wildman–Crippen MR) is 58.1 cm³/mol. The van der Waals surface area contributed by atoms with Gasteiger partial charge in [-0.05, 0) is 18.2 Å². The highest BCUT2D eigenvalue weighted by Crippen LogP contribution is 2.19. The number of benzene rings is 1. The van der Waals surface area contributed by atoms with E-state index in [4.69, 9.17) is 16.2 Å². The number of primary amides is 1. The molecule has 0 radical (unpaired) electrons. The lowest BCUT2D eigenvalue weighted by Crippen LogP contribution is -2.08. The highest BCUT2D eigenvalue weighted by Gasteiger charge is 1.99. The van der Waals surface area contributed by atoms with Crippen LogP contribution in [0, 0.1) is 11.8 Å². The fraction of sp³-hybridized carbons (Fsp3) is 0.182. The smallest absolute Gasteiger partial charge is 0.229 e. The number of nitrogens with two attached hydrogens (primary N) is 2. The molecule has 0 saturated carbocycles. The molecule has 4 N–H and O–H groups in total. The standard InChI is InChI=1S/C11H12N2O2/c1-15-10-6-5-9(12)7-8(10)3-2-4-11(13)14/h5-7H,4,12H2,1H3,(H2,13,14). The number of hydrogen-bond acceptors (Lipinski definition) is 3. The molecule has 4 heteroatoms. The third-order valence-corrected chi connectivity index (χ3v) is 1.71. The average molecular weight is 204 g/mol. The zero-order valence-corrected chi connectivity index (χ0v) is 8.41. The van der Waals surface area contributed by atoms with E-state index < -0.39 is 5.91 Å². The van der Waals surface area contributed by atoms with Gasteiger partial charge < -0.3 is 16.2 Å². The van der Waals surface area contributed by atoms with Crippen LogP contribution in [0.4, 0.5) is 5.69 Å². The molecule has 0 aromatic heterocycles. The van der Waals surface area contributed by atoms with Gasteiger partial charge in [-0.2, -0.15) is 0 Å². The van der Waals surface area contributed by atoms with Crippen molar-refractivity contribution in [3.8, 4) is 17.6 Å². The largest absolute Gasteiger partial charge is 0.495 e. The minimum absolute atomic E-state index is 0.0257. The lowest BCUT2D eigenvalue weighted by atomic mass is 10.2. The maximum Gasteiger partial charge on any atom is 0.229 e. The van der Waals surface area contributed by atoms with Crippen molar-refractivity contribution >= 4 is 11.6 Å². The number of hydrogen-bond donors (Lipinski definition) is 2. The number of amides is 1. The van der Waals surface area contributed by atoms with Gasteiger partial charge in [-0.3, -0.25) is 4.79 Å². The van der Waals surface area contributed by atoms with E-state index in [9.17, 15) is 4.79 Å². The molecule has 78 valence electrons. The Morgan fingerprint density at radius 2 is 2.27 bits per heavy atom. The Kier molecular flexibility index (Phi) is 3.58. The zero-order valence-electron chi connectivity index (χ0n) is 8.41. The molecule has 0 fully saturated rings. The highest BCUT2D eigenvalue weighted by molar-refractivity contribution is 5.76. The van der Waals surface area contributed by atoms with Crippen molar-refractivity contribution in [2.75, 3.05) is 12.8 Å². The molecule has 15 heavy (non-hydrogen) atoms. The van der Waals surface area contributed by atoms with E-state index in [1.807, 2.05) is 0 Å². The molecule has 0 aliphatic rings. The average Bonchev–Trinajstić information content (AvgIpc) is 2.17. The first-order valence-corrected chi connectivity index (χ1v) is 4.34. The van der Waals surface area contributed by atoms with E-state index in [2.05, 4.69) is 11.8 Å².